The maximum Gasteiger partial charge on any atom is 0.319 e. The van der Waals surface area contributed by atoms with Gasteiger partial charge in [0, 0.05) is 24.8 Å². The number of hydrogen-bond donors (Lipinski definition) is 4. The van der Waals surface area contributed by atoms with Crippen molar-refractivity contribution in [2.24, 2.45) is 0 Å². The number of rotatable bonds is 3. The van der Waals surface area contributed by atoms with Gasteiger partial charge in [0.2, 0.25) is 0 Å². The Bertz CT molecular complexity index is 482. The Morgan fingerprint density at radius 2 is 2.15 bits per heavy atom. The van der Waals surface area contributed by atoms with E-state index in [-0.39, 0.29) is 24.6 Å². The van der Waals surface area contributed by atoms with Gasteiger partial charge in [-0.05, 0) is 25.1 Å². The summed E-state index contributed by atoms with van der Waals surface area (Å²) in [6, 6.07) is 2.50. The summed E-state index contributed by atoms with van der Waals surface area (Å²) in [5.41, 5.74) is -0.807. The minimum atomic E-state index is -1.03. The Labute approximate surface area is 121 Å². The zero-order valence-electron chi connectivity index (χ0n) is 10.6. The van der Waals surface area contributed by atoms with Crippen LogP contribution in [-0.4, -0.2) is 36.4 Å². The Kier molecular flexibility index (Phi) is 5.67. The summed E-state index contributed by atoms with van der Waals surface area (Å²) in [5, 5.41) is 17.8. The molecule has 4 N–H and O–H groups in total. The highest BCUT2D eigenvalue weighted by molar-refractivity contribution is 5.89. The molecule has 0 spiro atoms. The molecule has 1 aromatic carbocycles. The number of nitrogens with one attached hydrogen (secondary N) is 3. The summed E-state index contributed by atoms with van der Waals surface area (Å²) >= 11 is 0. The van der Waals surface area contributed by atoms with Crippen molar-refractivity contribution in [2.45, 2.75) is 12.0 Å². The van der Waals surface area contributed by atoms with Gasteiger partial charge in [0.25, 0.3) is 0 Å². The Morgan fingerprint density at radius 3 is 2.75 bits per heavy atom. The van der Waals surface area contributed by atoms with E-state index in [1.807, 2.05) is 0 Å². The first-order valence-corrected chi connectivity index (χ1v) is 5.92. The molecule has 5 nitrogen and oxygen atoms in total. The van der Waals surface area contributed by atoms with Crippen LogP contribution in [0, 0.1) is 11.6 Å². The number of β-amino-alcohol motifs (C(OH)–C–C–N with tert-alkyl or cyclic N) is 1. The molecule has 8 heteroatoms. The fraction of sp³-hybridized carbons (Fsp3) is 0.417. The topological polar surface area (TPSA) is 73.4 Å². The maximum atomic E-state index is 12.9. The molecule has 1 heterocycles. The third kappa shape index (κ3) is 4.29. The van der Waals surface area contributed by atoms with Gasteiger partial charge in [-0.2, -0.15) is 0 Å². The van der Waals surface area contributed by atoms with E-state index < -0.39 is 23.3 Å². The molecule has 1 aromatic rings. The number of halogens is 3. The molecule has 1 aliphatic rings. The van der Waals surface area contributed by atoms with Crippen molar-refractivity contribution in [3.8, 4) is 0 Å². The summed E-state index contributed by atoms with van der Waals surface area (Å²) in [6.07, 6.45) is 0.554. The summed E-state index contributed by atoms with van der Waals surface area (Å²) in [5.74, 6) is -2.01. The molecule has 2 rings (SSSR count). The fourth-order valence-corrected chi connectivity index (χ4v) is 1.88. The summed E-state index contributed by atoms with van der Waals surface area (Å²) < 4.78 is 25.6. The van der Waals surface area contributed by atoms with E-state index >= 15 is 0 Å². The van der Waals surface area contributed by atoms with Gasteiger partial charge in [0.15, 0.2) is 11.6 Å². The molecular formula is C12H16ClF2N3O2. The van der Waals surface area contributed by atoms with Crippen molar-refractivity contribution in [1.82, 2.24) is 10.6 Å². The first-order chi connectivity index (χ1) is 8.98. The predicted octanol–water partition coefficient (Wildman–Crippen LogP) is 1.23. The fourth-order valence-electron chi connectivity index (χ4n) is 1.88. The van der Waals surface area contributed by atoms with Crippen molar-refractivity contribution in [3.63, 3.8) is 0 Å². The van der Waals surface area contributed by atoms with Crippen molar-refractivity contribution in [2.75, 3.05) is 25.0 Å². The van der Waals surface area contributed by atoms with Gasteiger partial charge in [-0.15, -0.1) is 12.4 Å². The smallest absolute Gasteiger partial charge is 0.319 e. The average molecular weight is 308 g/mol. The molecule has 20 heavy (non-hydrogen) atoms. The van der Waals surface area contributed by atoms with Crippen molar-refractivity contribution < 1.29 is 18.7 Å². The van der Waals surface area contributed by atoms with Crippen LogP contribution in [0.25, 0.3) is 0 Å². The second-order valence-electron chi connectivity index (χ2n) is 4.59. The van der Waals surface area contributed by atoms with E-state index in [1.54, 1.807) is 0 Å². The van der Waals surface area contributed by atoms with E-state index in [0.29, 0.717) is 19.5 Å². The lowest BCUT2D eigenvalue weighted by atomic mass is 10.0. The van der Waals surface area contributed by atoms with Crippen molar-refractivity contribution in [1.29, 1.82) is 0 Å². The quantitative estimate of drug-likeness (QED) is 0.679. The van der Waals surface area contributed by atoms with Gasteiger partial charge in [0.05, 0.1) is 5.60 Å². The van der Waals surface area contributed by atoms with Crippen LogP contribution in [0.1, 0.15) is 6.42 Å². The van der Waals surface area contributed by atoms with Gasteiger partial charge in [-0.25, -0.2) is 13.6 Å². The molecule has 2 amide bonds. The SMILES string of the molecule is Cl.O=C(NCC1(O)CCNC1)Nc1ccc(F)c(F)c1. The highest BCUT2D eigenvalue weighted by Gasteiger charge is 2.31. The van der Waals surface area contributed by atoms with Gasteiger partial charge >= 0.3 is 6.03 Å². The monoisotopic (exact) mass is 307 g/mol. The second kappa shape index (κ2) is 6.83. The van der Waals surface area contributed by atoms with Crippen LogP contribution < -0.4 is 16.0 Å². The van der Waals surface area contributed by atoms with Crippen LogP contribution in [0.3, 0.4) is 0 Å². The van der Waals surface area contributed by atoms with Crippen LogP contribution >= 0.6 is 12.4 Å². The summed E-state index contributed by atoms with van der Waals surface area (Å²) in [6.45, 7) is 1.21. The summed E-state index contributed by atoms with van der Waals surface area (Å²) in [7, 11) is 0. The molecule has 1 atom stereocenters. The molecule has 0 aliphatic carbocycles. The zero-order chi connectivity index (χ0) is 13.9. The number of carbonyl (C=O) groups excluding carboxylic acids is 1. The molecule has 112 valence electrons. The van der Waals surface area contributed by atoms with Gasteiger partial charge < -0.3 is 21.1 Å². The number of anilines is 1. The number of carbonyl (C=O) groups is 1. The third-order valence-corrected chi connectivity index (χ3v) is 2.98. The molecule has 0 saturated carbocycles. The molecule has 1 unspecified atom stereocenters. The number of benzene rings is 1. The molecular weight excluding hydrogens is 292 g/mol. The van der Waals surface area contributed by atoms with Crippen LogP contribution in [0.5, 0.6) is 0 Å². The number of hydrogen-bond acceptors (Lipinski definition) is 3. The van der Waals surface area contributed by atoms with E-state index in [4.69, 9.17) is 0 Å². The molecule has 0 radical (unpaired) electrons. The highest BCUT2D eigenvalue weighted by Crippen LogP contribution is 2.14. The lowest BCUT2D eigenvalue weighted by molar-refractivity contribution is 0.0640. The van der Waals surface area contributed by atoms with Crippen LogP contribution in [0.4, 0.5) is 19.3 Å². The molecule has 1 saturated heterocycles. The maximum absolute atomic E-state index is 12.9. The zero-order valence-corrected chi connectivity index (χ0v) is 11.4. The molecule has 0 aromatic heterocycles. The predicted molar refractivity (Wildman–Crippen MR) is 73.1 cm³/mol. The molecule has 1 aliphatic heterocycles. The lowest BCUT2D eigenvalue weighted by Crippen LogP contribution is -2.45. The van der Waals surface area contributed by atoms with Gasteiger partial charge in [0.1, 0.15) is 0 Å². The highest BCUT2D eigenvalue weighted by atomic mass is 35.5. The van der Waals surface area contributed by atoms with Crippen LogP contribution in [-0.2, 0) is 0 Å². The first kappa shape index (κ1) is 16.6. The van der Waals surface area contributed by atoms with Gasteiger partial charge in [-0.1, -0.05) is 0 Å². The van der Waals surface area contributed by atoms with E-state index in [9.17, 15) is 18.7 Å². The second-order valence-corrected chi connectivity index (χ2v) is 4.59. The van der Waals surface area contributed by atoms with E-state index in [1.165, 1.54) is 6.07 Å². The minimum Gasteiger partial charge on any atom is -0.387 e. The van der Waals surface area contributed by atoms with Crippen LogP contribution in [0.2, 0.25) is 0 Å². The Hall–Kier alpha value is -1.44. The normalized spacial score (nSPS) is 21.1. The summed E-state index contributed by atoms with van der Waals surface area (Å²) in [4.78, 5) is 11.5. The number of aliphatic hydroxyl groups is 1. The van der Waals surface area contributed by atoms with Gasteiger partial charge in [-0.3, -0.25) is 0 Å². The number of urea groups is 1. The lowest BCUT2D eigenvalue weighted by Gasteiger charge is -2.21. The Morgan fingerprint density at radius 1 is 1.40 bits per heavy atom. The van der Waals surface area contributed by atoms with Crippen molar-refractivity contribution >= 4 is 24.1 Å². The third-order valence-electron chi connectivity index (χ3n) is 2.98. The molecule has 1 fully saturated rings. The first-order valence-electron chi connectivity index (χ1n) is 5.92. The van der Waals surface area contributed by atoms with E-state index in [2.05, 4.69) is 16.0 Å². The van der Waals surface area contributed by atoms with Crippen molar-refractivity contribution in [3.05, 3.63) is 29.8 Å². The largest absolute Gasteiger partial charge is 0.387 e. The van der Waals surface area contributed by atoms with E-state index in [0.717, 1.165) is 12.1 Å². The number of amides is 2. The molecule has 0 bridgehead atoms. The average Bonchev–Trinajstić information content (AvgIpc) is 2.79. The van der Waals surface area contributed by atoms with Crippen LogP contribution in [0.15, 0.2) is 18.2 Å². The Balaban J connectivity index is 0.00000200. The minimum absolute atomic E-state index is 0. The standard InChI is InChI=1S/C12H15F2N3O2.ClH/c13-9-2-1-8(5-10(9)14)17-11(18)16-7-12(19)3-4-15-6-12;/h1-2,5,15,19H,3-4,6-7H2,(H2,16,17,18);1H.